The maximum absolute atomic E-state index is 2.18. The van der Waals surface area contributed by atoms with E-state index in [0.29, 0.717) is 0 Å². The van der Waals surface area contributed by atoms with Crippen molar-refractivity contribution in [1.29, 1.82) is 0 Å². The molecule has 0 atom stereocenters. The van der Waals surface area contributed by atoms with E-state index in [1.165, 1.54) is 11.1 Å². The summed E-state index contributed by atoms with van der Waals surface area (Å²) in [5.74, 6) is 0. The smallest absolute Gasteiger partial charge is 0.0160 e. The molecule has 0 amide bonds. The van der Waals surface area contributed by atoms with Crippen LogP contribution in [0.1, 0.15) is 20.8 Å². The number of likely N-dealkylation sites (N-methyl/N-ethyl adjacent to an activating group) is 1. The van der Waals surface area contributed by atoms with E-state index in [1.807, 2.05) is 0 Å². The molecule has 0 aromatic carbocycles. The predicted octanol–water partition coefficient (Wildman–Crippen LogP) is 2.46. The lowest BCUT2D eigenvalue weighted by Gasteiger charge is -2.03. The standard InChI is InChI=1S/C10H19N/c1-9(2)10(3)7-6-8-11(4)5/h6-7H,8H2,1-5H3. The summed E-state index contributed by atoms with van der Waals surface area (Å²) < 4.78 is 0. The van der Waals surface area contributed by atoms with Gasteiger partial charge in [0, 0.05) is 6.54 Å². The first-order chi connectivity index (χ1) is 5.04. The maximum atomic E-state index is 2.18. The number of hydrogen-bond acceptors (Lipinski definition) is 1. The largest absolute Gasteiger partial charge is 0.306 e. The zero-order chi connectivity index (χ0) is 8.85. The van der Waals surface area contributed by atoms with E-state index in [1.54, 1.807) is 0 Å². The van der Waals surface area contributed by atoms with Crippen LogP contribution in [0.15, 0.2) is 23.3 Å². The van der Waals surface area contributed by atoms with Crippen LogP contribution in [0.5, 0.6) is 0 Å². The Morgan fingerprint density at radius 3 is 2.09 bits per heavy atom. The van der Waals surface area contributed by atoms with E-state index in [0.717, 1.165) is 6.54 Å². The van der Waals surface area contributed by atoms with Crippen molar-refractivity contribution in [2.45, 2.75) is 20.8 Å². The number of allylic oxidation sites excluding steroid dienone is 3. The van der Waals surface area contributed by atoms with E-state index in [-0.39, 0.29) is 0 Å². The second-order valence-corrected chi connectivity index (χ2v) is 3.35. The summed E-state index contributed by atoms with van der Waals surface area (Å²) in [7, 11) is 4.14. The van der Waals surface area contributed by atoms with Crippen molar-refractivity contribution in [1.82, 2.24) is 4.90 Å². The maximum Gasteiger partial charge on any atom is 0.0160 e. The first kappa shape index (κ1) is 10.4. The molecule has 64 valence electrons. The van der Waals surface area contributed by atoms with Crippen LogP contribution >= 0.6 is 0 Å². The second-order valence-electron chi connectivity index (χ2n) is 3.35. The molecule has 1 nitrogen and oxygen atoms in total. The molecule has 0 unspecified atom stereocenters. The lowest BCUT2D eigenvalue weighted by molar-refractivity contribution is 0.456. The van der Waals surface area contributed by atoms with Gasteiger partial charge in [0.05, 0.1) is 0 Å². The predicted molar refractivity (Wildman–Crippen MR) is 51.7 cm³/mol. The van der Waals surface area contributed by atoms with Gasteiger partial charge in [0.2, 0.25) is 0 Å². The number of hydrogen-bond donors (Lipinski definition) is 0. The average Bonchev–Trinajstić information content (AvgIpc) is 1.86. The van der Waals surface area contributed by atoms with Gasteiger partial charge in [-0.1, -0.05) is 23.3 Å². The Morgan fingerprint density at radius 1 is 1.18 bits per heavy atom. The zero-order valence-electron chi connectivity index (χ0n) is 8.31. The molecule has 0 rings (SSSR count). The van der Waals surface area contributed by atoms with Crippen molar-refractivity contribution in [3.05, 3.63) is 23.3 Å². The normalized spacial score (nSPS) is 11.1. The van der Waals surface area contributed by atoms with E-state index < -0.39 is 0 Å². The van der Waals surface area contributed by atoms with Gasteiger partial charge in [-0.2, -0.15) is 0 Å². The second kappa shape index (κ2) is 5.14. The van der Waals surface area contributed by atoms with Crippen LogP contribution in [0.4, 0.5) is 0 Å². The summed E-state index contributed by atoms with van der Waals surface area (Å²) in [6.07, 6.45) is 4.36. The van der Waals surface area contributed by atoms with Gasteiger partial charge in [-0.25, -0.2) is 0 Å². The third kappa shape index (κ3) is 5.86. The molecule has 0 saturated heterocycles. The quantitative estimate of drug-likeness (QED) is 0.563. The molecule has 0 fully saturated rings. The molecule has 0 saturated carbocycles. The molecule has 0 aromatic rings. The van der Waals surface area contributed by atoms with Gasteiger partial charge in [0.1, 0.15) is 0 Å². The Labute approximate surface area is 70.4 Å². The minimum atomic E-state index is 1.02. The molecule has 0 heterocycles. The molecule has 0 bridgehead atoms. The SMILES string of the molecule is CC(C)=C(C)C=CCN(C)C. The molecular formula is C10H19N. The van der Waals surface area contributed by atoms with Crippen molar-refractivity contribution in [2.24, 2.45) is 0 Å². The molecule has 11 heavy (non-hydrogen) atoms. The van der Waals surface area contributed by atoms with Crippen LogP contribution < -0.4 is 0 Å². The summed E-state index contributed by atoms with van der Waals surface area (Å²) in [5.41, 5.74) is 2.76. The summed E-state index contributed by atoms with van der Waals surface area (Å²) in [5, 5.41) is 0. The monoisotopic (exact) mass is 153 g/mol. The van der Waals surface area contributed by atoms with Gasteiger partial charge in [-0.15, -0.1) is 0 Å². The summed E-state index contributed by atoms with van der Waals surface area (Å²) in [4.78, 5) is 2.15. The fourth-order valence-electron chi connectivity index (χ4n) is 0.607. The van der Waals surface area contributed by atoms with Gasteiger partial charge < -0.3 is 4.90 Å². The Kier molecular flexibility index (Phi) is 4.88. The van der Waals surface area contributed by atoms with Crippen LogP contribution in [0.2, 0.25) is 0 Å². The Balaban J connectivity index is 3.85. The van der Waals surface area contributed by atoms with Gasteiger partial charge in [-0.05, 0) is 34.9 Å². The van der Waals surface area contributed by atoms with Gasteiger partial charge >= 0.3 is 0 Å². The van der Waals surface area contributed by atoms with Crippen LogP contribution in [0.25, 0.3) is 0 Å². The Hall–Kier alpha value is -0.560. The lowest BCUT2D eigenvalue weighted by Crippen LogP contribution is -2.10. The lowest BCUT2D eigenvalue weighted by atomic mass is 10.1. The minimum absolute atomic E-state index is 1.02. The van der Waals surface area contributed by atoms with E-state index in [2.05, 4.69) is 51.9 Å². The molecule has 0 radical (unpaired) electrons. The van der Waals surface area contributed by atoms with Crippen molar-refractivity contribution >= 4 is 0 Å². The molecule has 0 aliphatic rings. The molecule has 0 aromatic heterocycles. The molecule has 0 aliphatic carbocycles. The summed E-state index contributed by atoms with van der Waals surface area (Å²) >= 11 is 0. The van der Waals surface area contributed by atoms with E-state index in [4.69, 9.17) is 0 Å². The molecule has 0 N–H and O–H groups in total. The molecule has 0 spiro atoms. The third-order valence-electron chi connectivity index (χ3n) is 1.63. The third-order valence-corrected chi connectivity index (χ3v) is 1.63. The summed E-state index contributed by atoms with van der Waals surface area (Å²) in [6.45, 7) is 7.43. The average molecular weight is 153 g/mol. The van der Waals surface area contributed by atoms with Gasteiger partial charge in [0.25, 0.3) is 0 Å². The highest BCUT2D eigenvalue weighted by molar-refractivity contribution is 5.20. The van der Waals surface area contributed by atoms with E-state index >= 15 is 0 Å². The first-order valence-corrected chi connectivity index (χ1v) is 3.99. The highest BCUT2D eigenvalue weighted by Crippen LogP contribution is 2.02. The van der Waals surface area contributed by atoms with Gasteiger partial charge in [-0.3, -0.25) is 0 Å². The van der Waals surface area contributed by atoms with E-state index in [9.17, 15) is 0 Å². The Morgan fingerprint density at radius 2 is 1.73 bits per heavy atom. The number of rotatable bonds is 3. The Bertz CT molecular complexity index is 160. The van der Waals surface area contributed by atoms with Crippen LogP contribution in [-0.4, -0.2) is 25.5 Å². The van der Waals surface area contributed by atoms with Crippen molar-refractivity contribution in [3.63, 3.8) is 0 Å². The fourth-order valence-corrected chi connectivity index (χ4v) is 0.607. The molecule has 1 heteroatoms. The fraction of sp³-hybridized carbons (Fsp3) is 0.600. The molecule has 0 aliphatic heterocycles. The molecular weight excluding hydrogens is 134 g/mol. The van der Waals surface area contributed by atoms with Crippen LogP contribution in [0.3, 0.4) is 0 Å². The topological polar surface area (TPSA) is 3.24 Å². The highest BCUT2D eigenvalue weighted by Gasteiger charge is 1.85. The zero-order valence-corrected chi connectivity index (χ0v) is 8.31. The number of nitrogens with zero attached hydrogens (tertiary/aromatic N) is 1. The van der Waals surface area contributed by atoms with Crippen molar-refractivity contribution < 1.29 is 0 Å². The van der Waals surface area contributed by atoms with Gasteiger partial charge in [0.15, 0.2) is 0 Å². The first-order valence-electron chi connectivity index (χ1n) is 3.99. The van der Waals surface area contributed by atoms with Crippen molar-refractivity contribution in [2.75, 3.05) is 20.6 Å². The van der Waals surface area contributed by atoms with Crippen molar-refractivity contribution in [3.8, 4) is 0 Å². The van der Waals surface area contributed by atoms with Crippen LogP contribution in [-0.2, 0) is 0 Å². The minimum Gasteiger partial charge on any atom is -0.306 e. The van der Waals surface area contributed by atoms with Crippen LogP contribution in [0, 0.1) is 0 Å². The summed E-state index contributed by atoms with van der Waals surface area (Å²) in [6, 6.07) is 0. The highest BCUT2D eigenvalue weighted by atomic mass is 15.0.